The van der Waals surface area contributed by atoms with Crippen LogP contribution in [-0.4, -0.2) is 74.6 Å². The van der Waals surface area contributed by atoms with Gasteiger partial charge in [0.25, 0.3) is 0 Å². The third-order valence-electron chi connectivity index (χ3n) is 6.22. The molecule has 144 valence electrons. The van der Waals surface area contributed by atoms with E-state index < -0.39 is 0 Å². The van der Waals surface area contributed by atoms with Crippen molar-refractivity contribution in [3.8, 4) is 0 Å². The molecule has 1 aliphatic carbocycles. The van der Waals surface area contributed by atoms with E-state index in [2.05, 4.69) is 15.1 Å². The Morgan fingerprint density at radius 3 is 2.72 bits per heavy atom. The molecule has 0 aromatic carbocycles. The smallest absolute Gasteiger partial charge is 0.231 e. The van der Waals surface area contributed by atoms with E-state index in [1.165, 1.54) is 0 Å². The molecule has 2 saturated heterocycles. The maximum Gasteiger partial charge on any atom is 0.231 e. The molecule has 3 aliphatic rings. The number of hydrogen-bond acceptors (Lipinski definition) is 4. The van der Waals surface area contributed by atoms with Crippen LogP contribution in [0.5, 0.6) is 0 Å². The molecule has 2 atom stereocenters. The van der Waals surface area contributed by atoms with Gasteiger partial charge < -0.3 is 19.9 Å². The largest absolute Gasteiger partial charge is 0.384 e. The average Bonchev–Trinajstić information content (AvgIpc) is 2.56. The Bertz CT molecular complexity index is 484. The van der Waals surface area contributed by atoms with Crippen molar-refractivity contribution in [2.45, 2.75) is 44.6 Å². The van der Waals surface area contributed by atoms with E-state index in [0.29, 0.717) is 25.0 Å². The van der Waals surface area contributed by atoms with Crippen molar-refractivity contribution in [2.24, 2.45) is 11.3 Å². The van der Waals surface area contributed by atoms with Gasteiger partial charge in [-0.25, -0.2) is 0 Å². The van der Waals surface area contributed by atoms with Crippen LogP contribution in [0.1, 0.15) is 38.5 Å². The van der Waals surface area contributed by atoms with Gasteiger partial charge in [-0.3, -0.25) is 9.59 Å². The van der Waals surface area contributed by atoms with Gasteiger partial charge in [-0.05, 0) is 38.6 Å². The lowest BCUT2D eigenvalue weighted by Crippen LogP contribution is -2.60. The zero-order valence-electron chi connectivity index (χ0n) is 15.5. The summed E-state index contributed by atoms with van der Waals surface area (Å²) in [6, 6.07) is 0.309. The number of fused-ring (bicyclic) bond motifs is 1. The molecular formula is C18H32ClN3O3. The highest BCUT2D eigenvalue weighted by atomic mass is 35.5. The van der Waals surface area contributed by atoms with Crippen molar-refractivity contribution >= 4 is 24.2 Å². The van der Waals surface area contributed by atoms with E-state index >= 15 is 0 Å². The topological polar surface area (TPSA) is 61.9 Å². The number of piperidine rings is 2. The Hall–Kier alpha value is -0.850. The van der Waals surface area contributed by atoms with Crippen LogP contribution in [0.2, 0.25) is 0 Å². The maximum atomic E-state index is 13.0. The van der Waals surface area contributed by atoms with Crippen molar-refractivity contribution in [2.75, 3.05) is 46.9 Å². The SMILES string of the molecule is CNCCN1C(=O)CC[C@H]2CN(C(=O)C3(COC)CCC3)CC[C@H]21.Cl. The third-order valence-corrected chi connectivity index (χ3v) is 6.22. The van der Waals surface area contributed by atoms with Gasteiger partial charge in [0.15, 0.2) is 0 Å². The van der Waals surface area contributed by atoms with E-state index in [1.807, 2.05) is 7.05 Å². The summed E-state index contributed by atoms with van der Waals surface area (Å²) < 4.78 is 5.34. The summed E-state index contributed by atoms with van der Waals surface area (Å²) in [6.45, 7) is 3.73. The summed E-state index contributed by atoms with van der Waals surface area (Å²) >= 11 is 0. The van der Waals surface area contributed by atoms with E-state index in [9.17, 15) is 9.59 Å². The fourth-order valence-electron chi connectivity index (χ4n) is 4.69. The molecule has 0 unspecified atom stereocenters. The number of nitrogens with zero attached hydrogens (tertiary/aromatic N) is 2. The second kappa shape index (κ2) is 8.69. The van der Waals surface area contributed by atoms with E-state index in [4.69, 9.17) is 4.74 Å². The van der Waals surface area contributed by atoms with Gasteiger partial charge in [-0.1, -0.05) is 6.42 Å². The predicted octanol–water partition coefficient (Wildman–Crippen LogP) is 1.28. The van der Waals surface area contributed by atoms with Gasteiger partial charge in [0, 0.05) is 45.8 Å². The van der Waals surface area contributed by atoms with Crippen LogP contribution < -0.4 is 5.32 Å². The van der Waals surface area contributed by atoms with Gasteiger partial charge in [0.2, 0.25) is 11.8 Å². The highest BCUT2D eigenvalue weighted by Gasteiger charge is 2.48. The molecule has 7 heteroatoms. The van der Waals surface area contributed by atoms with Crippen LogP contribution in [0.4, 0.5) is 0 Å². The standard InChI is InChI=1S/C18H31N3O3.ClH/c1-19-9-11-21-15-6-10-20(12-14(15)4-5-16(21)22)17(23)18(13-24-2)7-3-8-18;/h14-15,19H,3-13H2,1-2H3;1H/t14-,15+;/m0./s1. The highest BCUT2D eigenvalue weighted by Crippen LogP contribution is 2.44. The normalized spacial score (nSPS) is 28.0. The summed E-state index contributed by atoms with van der Waals surface area (Å²) in [4.78, 5) is 29.4. The van der Waals surface area contributed by atoms with E-state index in [1.54, 1.807) is 7.11 Å². The van der Waals surface area contributed by atoms with Crippen molar-refractivity contribution < 1.29 is 14.3 Å². The zero-order valence-corrected chi connectivity index (χ0v) is 16.3. The quantitative estimate of drug-likeness (QED) is 0.762. The molecular weight excluding hydrogens is 342 g/mol. The number of ether oxygens (including phenoxy) is 1. The first-order valence-electron chi connectivity index (χ1n) is 9.34. The number of carbonyl (C=O) groups excluding carboxylic acids is 2. The number of halogens is 1. The first kappa shape index (κ1) is 20.5. The molecule has 0 aromatic rings. The monoisotopic (exact) mass is 373 g/mol. The Morgan fingerprint density at radius 2 is 2.12 bits per heavy atom. The van der Waals surface area contributed by atoms with Crippen LogP contribution in [-0.2, 0) is 14.3 Å². The summed E-state index contributed by atoms with van der Waals surface area (Å²) in [7, 11) is 3.60. The Kier molecular flexibility index (Phi) is 7.11. The second-order valence-electron chi connectivity index (χ2n) is 7.66. The zero-order chi connectivity index (χ0) is 17.2. The first-order chi connectivity index (χ1) is 11.6. The lowest BCUT2D eigenvalue weighted by atomic mass is 9.68. The number of likely N-dealkylation sites (N-methyl/N-ethyl adjacent to an activating group) is 1. The first-order valence-corrected chi connectivity index (χ1v) is 9.34. The van der Waals surface area contributed by atoms with Crippen molar-refractivity contribution in [3.05, 3.63) is 0 Å². The average molecular weight is 374 g/mol. The minimum Gasteiger partial charge on any atom is -0.384 e. The molecule has 0 bridgehead atoms. The molecule has 2 aliphatic heterocycles. The van der Waals surface area contributed by atoms with Gasteiger partial charge in [0.1, 0.15) is 0 Å². The minimum absolute atomic E-state index is 0. The van der Waals surface area contributed by atoms with Crippen LogP contribution in [0.3, 0.4) is 0 Å². The second-order valence-corrected chi connectivity index (χ2v) is 7.66. The summed E-state index contributed by atoms with van der Waals surface area (Å²) in [5, 5.41) is 3.13. The number of hydrogen-bond donors (Lipinski definition) is 1. The van der Waals surface area contributed by atoms with Crippen LogP contribution >= 0.6 is 12.4 Å². The van der Waals surface area contributed by atoms with Crippen LogP contribution in [0.15, 0.2) is 0 Å². The van der Waals surface area contributed by atoms with Gasteiger partial charge in [-0.15, -0.1) is 12.4 Å². The Balaban J connectivity index is 0.00000225. The van der Waals surface area contributed by atoms with Crippen molar-refractivity contribution in [1.82, 2.24) is 15.1 Å². The van der Waals surface area contributed by atoms with Crippen LogP contribution in [0, 0.1) is 11.3 Å². The molecule has 6 nitrogen and oxygen atoms in total. The Morgan fingerprint density at radius 1 is 1.36 bits per heavy atom. The molecule has 25 heavy (non-hydrogen) atoms. The molecule has 3 rings (SSSR count). The van der Waals surface area contributed by atoms with Gasteiger partial charge >= 0.3 is 0 Å². The Labute approximate surface area is 157 Å². The summed E-state index contributed by atoms with van der Waals surface area (Å²) in [5.74, 6) is 0.991. The molecule has 0 radical (unpaired) electrons. The molecule has 1 saturated carbocycles. The molecule has 0 spiro atoms. The fourth-order valence-corrected chi connectivity index (χ4v) is 4.69. The van der Waals surface area contributed by atoms with Crippen LogP contribution in [0.25, 0.3) is 0 Å². The number of methoxy groups -OCH3 is 1. The number of rotatable bonds is 6. The lowest BCUT2D eigenvalue weighted by Gasteiger charge is -2.50. The number of carbonyl (C=O) groups is 2. The number of amides is 2. The summed E-state index contributed by atoms with van der Waals surface area (Å²) in [5.41, 5.74) is -0.266. The molecule has 2 amide bonds. The number of likely N-dealkylation sites (tertiary alicyclic amines) is 2. The summed E-state index contributed by atoms with van der Waals surface area (Å²) in [6.07, 6.45) is 5.49. The van der Waals surface area contributed by atoms with E-state index in [-0.39, 0.29) is 29.6 Å². The van der Waals surface area contributed by atoms with Crippen molar-refractivity contribution in [1.29, 1.82) is 0 Å². The van der Waals surface area contributed by atoms with E-state index in [0.717, 1.165) is 58.3 Å². The predicted molar refractivity (Wildman–Crippen MR) is 98.8 cm³/mol. The maximum absolute atomic E-state index is 13.0. The van der Waals surface area contributed by atoms with Crippen molar-refractivity contribution in [3.63, 3.8) is 0 Å². The lowest BCUT2D eigenvalue weighted by molar-refractivity contribution is -0.157. The van der Waals surface area contributed by atoms with Gasteiger partial charge in [0.05, 0.1) is 12.0 Å². The number of nitrogens with one attached hydrogen (secondary N) is 1. The molecule has 0 aromatic heterocycles. The minimum atomic E-state index is -0.266. The third kappa shape index (κ3) is 3.96. The molecule has 1 N–H and O–H groups in total. The highest BCUT2D eigenvalue weighted by molar-refractivity contribution is 5.85. The fraction of sp³-hybridized carbons (Fsp3) is 0.889. The molecule has 3 fully saturated rings. The van der Waals surface area contributed by atoms with Gasteiger partial charge in [-0.2, -0.15) is 0 Å². The molecule has 2 heterocycles.